The molecule has 0 spiro atoms. The normalized spacial score (nSPS) is 11.5. The lowest BCUT2D eigenvalue weighted by Crippen LogP contribution is -2.33. The number of hydrogen-bond acceptors (Lipinski definition) is 3. The Hall–Kier alpha value is -2.34. The molecule has 0 aliphatic rings. The van der Waals surface area contributed by atoms with Crippen LogP contribution in [-0.4, -0.2) is 27.1 Å². The first-order valence-electron chi connectivity index (χ1n) is 9.03. The van der Waals surface area contributed by atoms with Crippen LogP contribution in [0.15, 0.2) is 42.5 Å². The number of anilines is 2. The van der Waals surface area contributed by atoms with Crippen molar-refractivity contribution in [3.05, 3.63) is 59.2 Å². The number of para-hydroxylation sites is 1. The average Bonchev–Trinajstić information content (AvgIpc) is 2.55. The highest BCUT2D eigenvalue weighted by Gasteiger charge is 2.19. The molecule has 2 aromatic rings. The maximum atomic E-state index is 12.5. The molecule has 1 amide bonds. The third-order valence-electron chi connectivity index (χ3n) is 4.42. The largest absolute Gasteiger partial charge is 0.326 e. The van der Waals surface area contributed by atoms with Crippen molar-refractivity contribution in [1.82, 2.24) is 0 Å². The van der Waals surface area contributed by atoms with E-state index in [1.54, 1.807) is 12.1 Å². The lowest BCUT2D eigenvalue weighted by atomic mass is 9.98. The molecule has 0 aromatic heterocycles. The molecule has 5 nitrogen and oxygen atoms in total. The third-order valence-corrected chi connectivity index (χ3v) is 5.62. The molecule has 2 rings (SSSR count). The molecular formula is C21H28N2O3S. The maximum Gasteiger partial charge on any atom is 0.232 e. The fraction of sp³-hybridized carbons (Fsp3) is 0.381. The van der Waals surface area contributed by atoms with E-state index in [0.717, 1.165) is 28.6 Å². The summed E-state index contributed by atoms with van der Waals surface area (Å²) in [6, 6.07) is 13.2. The zero-order chi connectivity index (χ0) is 20.2. The quantitative estimate of drug-likeness (QED) is 0.772. The van der Waals surface area contributed by atoms with Crippen molar-refractivity contribution >= 4 is 27.3 Å². The first-order chi connectivity index (χ1) is 12.6. The summed E-state index contributed by atoms with van der Waals surface area (Å²) in [7, 11) is -3.48. The van der Waals surface area contributed by atoms with Gasteiger partial charge in [0.2, 0.25) is 15.9 Å². The van der Waals surface area contributed by atoms with Crippen LogP contribution < -0.4 is 9.62 Å². The molecule has 0 fully saturated rings. The molecule has 146 valence electrons. The van der Waals surface area contributed by atoms with E-state index in [-0.39, 0.29) is 24.8 Å². The first-order valence-corrected chi connectivity index (χ1v) is 10.9. The van der Waals surface area contributed by atoms with Gasteiger partial charge in [-0.05, 0) is 48.6 Å². The highest BCUT2D eigenvalue weighted by atomic mass is 32.2. The minimum absolute atomic E-state index is 0.0763. The zero-order valence-electron chi connectivity index (χ0n) is 16.6. The predicted octanol–water partition coefficient (Wildman–Crippen LogP) is 4.22. The Kier molecular flexibility index (Phi) is 6.65. The van der Waals surface area contributed by atoms with Crippen molar-refractivity contribution in [2.45, 2.75) is 40.0 Å². The molecule has 0 saturated heterocycles. The Labute approximate surface area is 162 Å². The molecule has 6 heteroatoms. The van der Waals surface area contributed by atoms with E-state index in [1.807, 2.05) is 44.2 Å². The summed E-state index contributed by atoms with van der Waals surface area (Å²) in [5.41, 5.74) is 4.42. The molecule has 0 heterocycles. The number of nitrogens with one attached hydrogen (secondary N) is 1. The van der Waals surface area contributed by atoms with Gasteiger partial charge in [0.05, 0.1) is 11.9 Å². The van der Waals surface area contributed by atoms with Crippen LogP contribution >= 0.6 is 0 Å². The van der Waals surface area contributed by atoms with Gasteiger partial charge >= 0.3 is 0 Å². The molecule has 0 aliphatic carbocycles. The van der Waals surface area contributed by atoms with Gasteiger partial charge in [-0.3, -0.25) is 9.10 Å². The lowest BCUT2D eigenvalue weighted by molar-refractivity contribution is -0.116. The van der Waals surface area contributed by atoms with Gasteiger partial charge in [0.15, 0.2) is 0 Å². The van der Waals surface area contributed by atoms with Gasteiger partial charge < -0.3 is 5.32 Å². The second-order valence-electron chi connectivity index (χ2n) is 7.17. The van der Waals surface area contributed by atoms with E-state index in [1.165, 1.54) is 4.31 Å². The van der Waals surface area contributed by atoms with Crippen LogP contribution in [0, 0.1) is 13.8 Å². The molecule has 0 atom stereocenters. The minimum Gasteiger partial charge on any atom is -0.326 e. The number of aryl methyl sites for hydroxylation is 2. The predicted molar refractivity (Wildman–Crippen MR) is 112 cm³/mol. The summed E-state index contributed by atoms with van der Waals surface area (Å²) in [6.07, 6.45) is 1.23. The third kappa shape index (κ3) is 5.57. The molecule has 0 saturated carbocycles. The van der Waals surface area contributed by atoms with Gasteiger partial charge in [-0.2, -0.15) is 0 Å². The smallest absolute Gasteiger partial charge is 0.232 e. The number of sulfonamides is 1. The number of benzene rings is 2. The zero-order valence-corrected chi connectivity index (χ0v) is 17.4. The average molecular weight is 389 g/mol. The van der Waals surface area contributed by atoms with Crippen molar-refractivity contribution < 1.29 is 13.2 Å². The van der Waals surface area contributed by atoms with Gasteiger partial charge in [-0.1, -0.05) is 44.2 Å². The van der Waals surface area contributed by atoms with Crippen molar-refractivity contribution in [1.29, 1.82) is 0 Å². The highest BCUT2D eigenvalue weighted by Crippen LogP contribution is 2.27. The first kappa shape index (κ1) is 21.0. The number of nitrogens with zero attached hydrogens (tertiary/aromatic N) is 1. The van der Waals surface area contributed by atoms with Crippen LogP contribution in [0.5, 0.6) is 0 Å². The standard InChI is InChI=1S/C21H28N2O3S/c1-15(2)19-11-7-9-17(4)21(19)22-20(24)12-13-23(27(5,25)26)18-10-6-8-16(3)14-18/h6-11,14-15H,12-13H2,1-5H3,(H,22,24). The summed E-state index contributed by atoms with van der Waals surface area (Å²) in [5, 5.41) is 2.97. The number of carbonyl (C=O) groups excluding carboxylic acids is 1. The second kappa shape index (κ2) is 8.57. The van der Waals surface area contributed by atoms with E-state index in [2.05, 4.69) is 19.2 Å². The topological polar surface area (TPSA) is 66.5 Å². The summed E-state index contributed by atoms with van der Waals surface area (Å²) in [5.74, 6) is 0.0764. The van der Waals surface area contributed by atoms with Crippen molar-refractivity contribution in [3.63, 3.8) is 0 Å². The summed E-state index contributed by atoms with van der Waals surface area (Å²) in [6.45, 7) is 8.11. The van der Waals surface area contributed by atoms with Crippen LogP contribution in [0.3, 0.4) is 0 Å². The Morgan fingerprint density at radius 3 is 2.37 bits per heavy atom. The fourth-order valence-electron chi connectivity index (χ4n) is 3.02. The van der Waals surface area contributed by atoms with Crippen LogP contribution in [-0.2, 0) is 14.8 Å². The number of rotatable bonds is 7. The van der Waals surface area contributed by atoms with Crippen LogP contribution in [0.25, 0.3) is 0 Å². The molecule has 27 heavy (non-hydrogen) atoms. The van der Waals surface area contributed by atoms with Crippen molar-refractivity contribution in [3.8, 4) is 0 Å². The Morgan fingerprint density at radius 2 is 1.78 bits per heavy atom. The summed E-state index contributed by atoms with van der Waals surface area (Å²) in [4.78, 5) is 12.5. The molecule has 0 bridgehead atoms. The van der Waals surface area contributed by atoms with Gasteiger partial charge in [0, 0.05) is 18.7 Å². The van der Waals surface area contributed by atoms with E-state index in [0.29, 0.717) is 5.69 Å². The van der Waals surface area contributed by atoms with Gasteiger partial charge in [0.1, 0.15) is 0 Å². The van der Waals surface area contributed by atoms with Gasteiger partial charge in [0.25, 0.3) is 0 Å². The maximum absolute atomic E-state index is 12.5. The lowest BCUT2D eigenvalue weighted by Gasteiger charge is -2.23. The van der Waals surface area contributed by atoms with E-state index >= 15 is 0 Å². The van der Waals surface area contributed by atoms with E-state index < -0.39 is 10.0 Å². The Morgan fingerprint density at radius 1 is 1.11 bits per heavy atom. The minimum atomic E-state index is -3.48. The highest BCUT2D eigenvalue weighted by molar-refractivity contribution is 7.92. The van der Waals surface area contributed by atoms with E-state index in [4.69, 9.17) is 0 Å². The molecule has 0 unspecified atom stereocenters. The Bertz CT molecular complexity index is 921. The van der Waals surface area contributed by atoms with Crippen LogP contribution in [0.1, 0.15) is 42.9 Å². The molecule has 0 radical (unpaired) electrons. The number of hydrogen-bond donors (Lipinski definition) is 1. The fourth-order valence-corrected chi connectivity index (χ4v) is 3.94. The molecule has 0 aliphatic heterocycles. The Balaban J connectivity index is 2.16. The summed E-state index contributed by atoms with van der Waals surface area (Å²) < 4.78 is 25.7. The van der Waals surface area contributed by atoms with Crippen LogP contribution in [0.2, 0.25) is 0 Å². The molecular weight excluding hydrogens is 360 g/mol. The van der Waals surface area contributed by atoms with Crippen molar-refractivity contribution in [2.24, 2.45) is 0 Å². The molecule has 2 aromatic carbocycles. The SMILES string of the molecule is Cc1cccc(N(CCC(=O)Nc2c(C)cccc2C(C)C)S(C)(=O)=O)c1. The van der Waals surface area contributed by atoms with Crippen molar-refractivity contribution in [2.75, 3.05) is 22.4 Å². The number of amides is 1. The van der Waals surface area contributed by atoms with Crippen LogP contribution in [0.4, 0.5) is 11.4 Å². The number of carbonyl (C=O) groups is 1. The van der Waals surface area contributed by atoms with Gasteiger partial charge in [-0.25, -0.2) is 8.42 Å². The summed E-state index contributed by atoms with van der Waals surface area (Å²) >= 11 is 0. The monoisotopic (exact) mass is 388 g/mol. The molecule has 1 N–H and O–H groups in total. The van der Waals surface area contributed by atoms with Gasteiger partial charge in [-0.15, -0.1) is 0 Å². The van der Waals surface area contributed by atoms with E-state index in [9.17, 15) is 13.2 Å². The second-order valence-corrected chi connectivity index (χ2v) is 9.07.